The van der Waals surface area contributed by atoms with E-state index in [1.807, 2.05) is 20.8 Å². The molecule has 1 N–H and O–H groups in total. The number of likely N-dealkylation sites (N-methyl/N-ethyl adjacent to an activating group) is 1. The SMILES string of the molecule is CCN(CCNC(=O)OC(C)(C)C)N1CCCC1. The fraction of sp³-hybridized carbons (Fsp3) is 0.923. The van der Waals surface area contributed by atoms with Crippen molar-refractivity contribution in [2.45, 2.75) is 46.1 Å². The van der Waals surface area contributed by atoms with E-state index in [1.54, 1.807) is 0 Å². The summed E-state index contributed by atoms with van der Waals surface area (Å²) in [5.41, 5.74) is -0.427. The first-order valence-corrected chi connectivity index (χ1v) is 6.89. The third kappa shape index (κ3) is 5.69. The summed E-state index contributed by atoms with van der Waals surface area (Å²) in [4.78, 5) is 11.5. The molecule has 0 aliphatic carbocycles. The van der Waals surface area contributed by atoms with Crippen LogP contribution in [0, 0.1) is 0 Å². The van der Waals surface area contributed by atoms with Crippen molar-refractivity contribution in [1.29, 1.82) is 0 Å². The predicted octanol–water partition coefficient (Wildman–Crippen LogP) is 1.84. The Kier molecular flexibility index (Phi) is 5.88. The van der Waals surface area contributed by atoms with Crippen LogP contribution in [0.15, 0.2) is 0 Å². The molecule has 18 heavy (non-hydrogen) atoms. The van der Waals surface area contributed by atoms with Gasteiger partial charge in [-0.2, -0.15) is 0 Å². The maximum absolute atomic E-state index is 11.5. The maximum Gasteiger partial charge on any atom is 0.407 e. The third-order valence-corrected chi connectivity index (χ3v) is 2.89. The van der Waals surface area contributed by atoms with Gasteiger partial charge >= 0.3 is 6.09 Å². The van der Waals surface area contributed by atoms with E-state index in [1.165, 1.54) is 12.8 Å². The Morgan fingerprint density at radius 1 is 1.33 bits per heavy atom. The van der Waals surface area contributed by atoms with Crippen LogP contribution in [0.25, 0.3) is 0 Å². The summed E-state index contributed by atoms with van der Waals surface area (Å²) in [7, 11) is 0. The van der Waals surface area contributed by atoms with E-state index in [0.717, 1.165) is 26.2 Å². The molecule has 1 rings (SSSR count). The number of carbonyl (C=O) groups is 1. The lowest BCUT2D eigenvalue weighted by atomic mass is 10.2. The molecule has 1 heterocycles. The molecule has 1 aliphatic rings. The second kappa shape index (κ2) is 6.95. The second-order valence-corrected chi connectivity index (χ2v) is 5.64. The minimum atomic E-state index is -0.427. The first-order valence-electron chi connectivity index (χ1n) is 6.89. The Balaban J connectivity index is 2.20. The van der Waals surface area contributed by atoms with Crippen molar-refractivity contribution in [2.75, 3.05) is 32.7 Å². The minimum absolute atomic E-state index is 0.333. The van der Waals surface area contributed by atoms with Crippen molar-refractivity contribution in [2.24, 2.45) is 0 Å². The smallest absolute Gasteiger partial charge is 0.407 e. The number of amides is 1. The van der Waals surface area contributed by atoms with Gasteiger partial charge in [0, 0.05) is 32.7 Å². The lowest BCUT2D eigenvalue weighted by molar-refractivity contribution is 0.00155. The quantitative estimate of drug-likeness (QED) is 0.816. The van der Waals surface area contributed by atoms with Crippen molar-refractivity contribution in [3.05, 3.63) is 0 Å². The number of hydrogen-bond acceptors (Lipinski definition) is 4. The summed E-state index contributed by atoms with van der Waals surface area (Å²) in [5.74, 6) is 0. The predicted molar refractivity (Wildman–Crippen MR) is 72.3 cm³/mol. The van der Waals surface area contributed by atoms with E-state index in [4.69, 9.17) is 4.74 Å². The number of ether oxygens (including phenoxy) is 1. The van der Waals surface area contributed by atoms with Crippen LogP contribution < -0.4 is 5.32 Å². The van der Waals surface area contributed by atoms with E-state index in [9.17, 15) is 4.79 Å². The fourth-order valence-electron chi connectivity index (χ4n) is 2.08. The molecule has 106 valence electrons. The normalized spacial score (nSPS) is 17.2. The molecule has 0 atom stereocenters. The molecule has 1 amide bonds. The van der Waals surface area contributed by atoms with Crippen LogP contribution in [0.5, 0.6) is 0 Å². The highest BCUT2D eigenvalue weighted by molar-refractivity contribution is 5.67. The molecule has 5 nitrogen and oxygen atoms in total. The Morgan fingerprint density at radius 3 is 2.44 bits per heavy atom. The van der Waals surface area contributed by atoms with E-state index < -0.39 is 5.60 Å². The number of carbonyl (C=O) groups excluding carboxylic acids is 1. The number of hydrogen-bond donors (Lipinski definition) is 1. The number of nitrogens with zero attached hydrogens (tertiary/aromatic N) is 2. The summed E-state index contributed by atoms with van der Waals surface area (Å²) in [6.45, 7) is 12.5. The summed E-state index contributed by atoms with van der Waals surface area (Å²) < 4.78 is 5.20. The van der Waals surface area contributed by atoms with Gasteiger partial charge in [0.25, 0.3) is 0 Å². The van der Waals surface area contributed by atoms with Crippen LogP contribution in [-0.4, -0.2) is 54.4 Å². The third-order valence-electron chi connectivity index (χ3n) is 2.89. The molecule has 1 fully saturated rings. The maximum atomic E-state index is 11.5. The monoisotopic (exact) mass is 257 g/mol. The lowest BCUT2D eigenvalue weighted by Gasteiger charge is -2.30. The fourth-order valence-corrected chi connectivity index (χ4v) is 2.08. The zero-order valence-corrected chi connectivity index (χ0v) is 12.2. The lowest BCUT2D eigenvalue weighted by Crippen LogP contribution is -2.45. The molecule has 0 unspecified atom stereocenters. The Bertz CT molecular complexity index is 257. The number of alkyl carbamates (subject to hydrolysis) is 1. The van der Waals surface area contributed by atoms with Gasteiger partial charge in [-0.1, -0.05) is 6.92 Å². The van der Waals surface area contributed by atoms with Crippen molar-refractivity contribution in [1.82, 2.24) is 15.3 Å². The zero-order valence-electron chi connectivity index (χ0n) is 12.2. The largest absolute Gasteiger partial charge is 0.444 e. The molecule has 0 spiro atoms. The molecule has 1 saturated heterocycles. The molecule has 5 heteroatoms. The van der Waals surface area contributed by atoms with Crippen LogP contribution in [0.3, 0.4) is 0 Å². The first kappa shape index (κ1) is 15.2. The Labute approximate surface area is 110 Å². The Hall–Kier alpha value is -0.810. The number of rotatable bonds is 5. The molecular formula is C13H27N3O2. The van der Waals surface area contributed by atoms with Gasteiger partial charge in [0.1, 0.15) is 5.60 Å². The van der Waals surface area contributed by atoms with Gasteiger partial charge in [-0.3, -0.25) is 0 Å². The molecule has 1 aliphatic heterocycles. The van der Waals surface area contributed by atoms with E-state index in [0.29, 0.717) is 6.54 Å². The van der Waals surface area contributed by atoms with Gasteiger partial charge in [0.15, 0.2) is 0 Å². The van der Waals surface area contributed by atoms with Gasteiger partial charge in [-0.05, 0) is 33.6 Å². The summed E-state index contributed by atoms with van der Waals surface area (Å²) >= 11 is 0. The first-order chi connectivity index (χ1) is 8.42. The summed E-state index contributed by atoms with van der Waals surface area (Å²) in [6, 6.07) is 0. The van der Waals surface area contributed by atoms with E-state index in [2.05, 4.69) is 22.3 Å². The zero-order chi connectivity index (χ0) is 13.6. The molecule has 0 radical (unpaired) electrons. The van der Waals surface area contributed by atoms with Gasteiger partial charge in [0.05, 0.1) is 0 Å². The number of hydrazine groups is 1. The standard InChI is InChI=1S/C13H27N3O2/c1-5-15(16-9-6-7-10-16)11-8-14-12(17)18-13(2,3)4/h5-11H2,1-4H3,(H,14,17). The average Bonchev–Trinajstić information content (AvgIpc) is 2.75. The van der Waals surface area contributed by atoms with Crippen LogP contribution in [-0.2, 0) is 4.74 Å². The molecule has 0 aromatic carbocycles. The van der Waals surface area contributed by atoms with Gasteiger partial charge in [-0.25, -0.2) is 14.8 Å². The van der Waals surface area contributed by atoms with Gasteiger partial charge in [0.2, 0.25) is 0 Å². The minimum Gasteiger partial charge on any atom is -0.444 e. The molecule has 0 aromatic heterocycles. The summed E-state index contributed by atoms with van der Waals surface area (Å²) in [5, 5.41) is 7.47. The van der Waals surface area contributed by atoms with Gasteiger partial charge in [-0.15, -0.1) is 0 Å². The molecule has 0 saturated carbocycles. The topological polar surface area (TPSA) is 44.8 Å². The van der Waals surface area contributed by atoms with Gasteiger partial charge < -0.3 is 10.1 Å². The summed E-state index contributed by atoms with van der Waals surface area (Å²) in [6.07, 6.45) is 2.21. The highest BCUT2D eigenvalue weighted by Gasteiger charge is 2.19. The van der Waals surface area contributed by atoms with Crippen LogP contribution in [0.2, 0.25) is 0 Å². The average molecular weight is 257 g/mol. The molecular weight excluding hydrogens is 230 g/mol. The Morgan fingerprint density at radius 2 is 1.94 bits per heavy atom. The van der Waals surface area contributed by atoms with Crippen molar-refractivity contribution < 1.29 is 9.53 Å². The second-order valence-electron chi connectivity index (χ2n) is 5.64. The van der Waals surface area contributed by atoms with Crippen LogP contribution in [0.1, 0.15) is 40.5 Å². The van der Waals surface area contributed by atoms with E-state index in [-0.39, 0.29) is 6.09 Å². The van der Waals surface area contributed by atoms with Crippen LogP contribution in [0.4, 0.5) is 4.79 Å². The van der Waals surface area contributed by atoms with Crippen molar-refractivity contribution in [3.63, 3.8) is 0 Å². The highest BCUT2D eigenvalue weighted by atomic mass is 16.6. The van der Waals surface area contributed by atoms with E-state index >= 15 is 0 Å². The molecule has 0 aromatic rings. The molecule has 0 bridgehead atoms. The van der Waals surface area contributed by atoms with Crippen LogP contribution >= 0.6 is 0 Å². The number of nitrogens with one attached hydrogen (secondary N) is 1. The van der Waals surface area contributed by atoms with Crippen molar-refractivity contribution in [3.8, 4) is 0 Å². The highest BCUT2D eigenvalue weighted by Crippen LogP contribution is 2.10. The van der Waals surface area contributed by atoms with Crippen molar-refractivity contribution >= 4 is 6.09 Å².